The standard InChI is InChI=1S/C21H29NO6/c1-5-27-21(24)20-15(13-22-10-9-14(2)11-19(23)26-4)12-16-17(25-3)7-6-8-18(16)28-20/h6-8,12,14,20,22H,5,9-11,13H2,1-4H3/t14-,20?/m0/s1. The molecule has 154 valence electrons. The first kappa shape index (κ1) is 21.8. The average Bonchev–Trinajstić information content (AvgIpc) is 2.70. The maximum Gasteiger partial charge on any atom is 0.351 e. The van der Waals surface area contributed by atoms with Crippen LogP contribution in [-0.4, -0.2) is 52.0 Å². The van der Waals surface area contributed by atoms with Gasteiger partial charge in [0.15, 0.2) is 0 Å². The second-order valence-corrected chi connectivity index (χ2v) is 6.69. The first-order valence-electron chi connectivity index (χ1n) is 9.48. The first-order chi connectivity index (χ1) is 13.5. The molecular weight excluding hydrogens is 362 g/mol. The summed E-state index contributed by atoms with van der Waals surface area (Å²) in [5, 5.41) is 3.32. The molecular formula is C21H29NO6. The van der Waals surface area contributed by atoms with Gasteiger partial charge in [0, 0.05) is 13.0 Å². The fourth-order valence-electron chi connectivity index (χ4n) is 3.02. The number of carbonyl (C=O) groups is 2. The molecule has 0 radical (unpaired) electrons. The summed E-state index contributed by atoms with van der Waals surface area (Å²) in [6.07, 6.45) is 2.33. The second-order valence-electron chi connectivity index (χ2n) is 6.69. The van der Waals surface area contributed by atoms with Crippen molar-refractivity contribution in [1.82, 2.24) is 5.32 Å². The molecule has 0 aromatic heterocycles. The predicted octanol–water partition coefficient (Wildman–Crippen LogP) is 2.58. The minimum Gasteiger partial charge on any atom is -0.496 e. The third-order valence-corrected chi connectivity index (χ3v) is 4.54. The van der Waals surface area contributed by atoms with Crippen molar-refractivity contribution >= 4 is 18.0 Å². The van der Waals surface area contributed by atoms with Crippen molar-refractivity contribution in [2.75, 3.05) is 33.9 Å². The van der Waals surface area contributed by atoms with Gasteiger partial charge in [-0.05, 0) is 49.6 Å². The Labute approximate surface area is 166 Å². The average molecular weight is 391 g/mol. The van der Waals surface area contributed by atoms with Crippen molar-refractivity contribution in [1.29, 1.82) is 0 Å². The Balaban J connectivity index is 2.05. The molecule has 0 saturated carbocycles. The molecule has 28 heavy (non-hydrogen) atoms. The zero-order valence-corrected chi connectivity index (χ0v) is 16.9. The summed E-state index contributed by atoms with van der Waals surface area (Å²) >= 11 is 0. The second kappa shape index (κ2) is 10.7. The van der Waals surface area contributed by atoms with Crippen LogP contribution in [0.15, 0.2) is 23.8 Å². The zero-order chi connectivity index (χ0) is 20.5. The maximum atomic E-state index is 12.4. The number of rotatable bonds is 10. The van der Waals surface area contributed by atoms with E-state index in [9.17, 15) is 9.59 Å². The number of esters is 2. The normalized spacial score (nSPS) is 16.3. The van der Waals surface area contributed by atoms with Gasteiger partial charge in [-0.3, -0.25) is 4.79 Å². The van der Waals surface area contributed by atoms with Crippen LogP contribution in [0.25, 0.3) is 6.08 Å². The van der Waals surface area contributed by atoms with Gasteiger partial charge in [0.1, 0.15) is 11.5 Å². The van der Waals surface area contributed by atoms with Gasteiger partial charge in [-0.25, -0.2) is 4.79 Å². The number of hydrogen-bond acceptors (Lipinski definition) is 7. The van der Waals surface area contributed by atoms with Gasteiger partial charge in [-0.1, -0.05) is 13.0 Å². The van der Waals surface area contributed by atoms with E-state index in [1.165, 1.54) is 7.11 Å². The minimum atomic E-state index is -0.792. The van der Waals surface area contributed by atoms with Crippen molar-refractivity contribution in [3.63, 3.8) is 0 Å². The van der Waals surface area contributed by atoms with Crippen molar-refractivity contribution in [3.05, 3.63) is 29.3 Å². The molecule has 0 amide bonds. The van der Waals surface area contributed by atoms with E-state index in [0.29, 0.717) is 31.0 Å². The number of hydrogen-bond donors (Lipinski definition) is 1. The SMILES string of the molecule is CCOC(=O)C1Oc2cccc(OC)c2C=C1CNCC[C@H](C)CC(=O)OC. The molecule has 7 nitrogen and oxygen atoms in total. The van der Waals surface area contributed by atoms with Crippen LogP contribution < -0.4 is 14.8 Å². The molecule has 7 heteroatoms. The van der Waals surface area contributed by atoms with Gasteiger partial charge >= 0.3 is 11.9 Å². The number of methoxy groups -OCH3 is 2. The zero-order valence-electron chi connectivity index (χ0n) is 16.9. The Morgan fingerprint density at radius 1 is 1.29 bits per heavy atom. The smallest absolute Gasteiger partial charge is 0.351 e. The first-order valence-corrected chi connectivity index (χ1v) is 9.48. The highest BCUT2D eigenvalue weighted by molar-refractivity contribution is 5.84. The summed E-state index contributed by atoms with van der Waals surface area (Å²) in [6, 6.07) is 5.47. The summed E-state index contributed by atoms with van der Waals surface area (Å²) in [4.78, 5) is 23.7. The summed E-state index contributed by atoms with van der Waals surface area (Å²) in [7, 11) is 2.99. The van der Waals surface area contributed by atoms with E-state index < -0.39 is 12.1 Å². The van der Waals surface area contributed by atoms with Crippen LogP contribution in [0, 0.1) is 5.92 Å². The summed E-state index contributed by atoms with van der Waals surface area (Å²) < 4.78 is 21.2. The fourth-order valence-corrected chi connectivity index (χ4v) is 3.02. The lowest BCUT2D eigenvalue weighted by molar-refractivity contribution is -0.149. The third-order valence-electron chi connectivity index (χ3n) is 4.54. The van der Waals surface area contributed by atoms with Gasteiger partial charge in [0.2, 0.25) is 6.10 Å². The van der Waals surface area contributed by atoms with Crippen LogP contribution in [0.4, 0.5) is 0 Å². The summed E-state index contributed by atoms with van der Waals surface area (Å²) in [6.45, 7) is 5.22. The van der Waals surface area contributed by atoms with E-state index in [1.807, 2.05) is 25.1 Å². The molecule has 1 heterocycles. The molecule has 0 bridgehead atoms. The maximum absolute atomic E-state index is 12.4. The van der Waals surface area contributed by atoms with Crippen molar-refractivity contribution in [2.45, 2.75) is 32.8 Å². The van der Waals surface area contributed by atoms with Crippen LogP contribution in [0.5, 0.6) is 11.5 Å². The van der Waals surface area contributed by atoms with E-state index in [0.717, 1.165) is 17.6 Å². The van der Waals surface area contributed by atoms with Gasteiger partial charge < -0.3 is 24.3 Å². The lowest BCUT2D eigenvalue weighted by Crippen LogP contribution is -2.37. The van der Waals surface area contributed by atoms with Crippen molar-refractivity contribution in [2.24, 2.45) is 5.92 Å². The molecule has 1 unspecified atom stereocenters. The molecule has 1 aromatic carbocycles. The monoisotopic (exact) mass is 391 g/mol. The Kier molecular flexibility index (Phi) is 8.32. The van der Waals surface area contributed by atoms with E-state index in [1.54, 1.807) is 20.1 Å². The molecule has 0 saturated heterocycles. The third kappa shape index (κ3) is 5.73. The van der Waals surface area contributed by atoms with E-state index >= 15 is 0 Å². The lowest BCUT2D eigenvalue weighted by Gasteiger charge is -2.27. The predicted molar refractivity (Wildman–Crippen MR) is 105 cm³/mol. The number of nitrogens with one attached hydrogen (secondary N) is 1. The van der Waals surface area contributed by atoms with Gasteiger partial charge in [-0.2, -0.15) is 0 Å². The highest BCUT2D eigenvalue weighted by Crippen LogP contribution is 2.36. The van der Waals surface area contributed by atoms with Gasteiger partial charge in [0.25, 0.3) is 0 Å². The summed E-state index contributed by atoms with van der Waals surface area (Å²) in [5.74, 6) is 0.861. The Morgan fingerprint density at radius 2 is 2.07 bits per heavy atom. The van der Waals surface area contributed by atoms with Gasteiger partial charge in [-0.15, -0.1) is 0 Å². The molecule has 0 aliphatic carbocycles. The van der Waals surface area contributed by atoms with Crippen LogP contribution in [0.2, 0.25) is 0 Å². The van der Waals surface area contributed by atoms with Crippen molar-refractivity contribution < 1.29 is 28.5 Å². The molecule has 1 aliphatic rings. The highest BCUT2D eigenvalue weighted by Gasteiger charge is 2.31. The molecule has 1 aromatic rings. The Morgan fingerprint density at radius 3 is 2.75 bits per heavy atom. The Hall–Kier alpha value is -2.54. The molecule has 1 aliphatic heterocycles. The van der Waals surface area contributed by atoms with E-state index in [-0.39, 0.29) is 18.5 Å². The topological polar surface area (TPSA) is 83.1 Å². The number of ether oxygens (including phenoxy) is 4. The largest absolute Gasteiger partial charge is 0.496 e. The molecule has 0 spiro atoms. The van der Waals surface area contributed by atoms with E-state index in [2.05, 4.69) is 5.32 Å². The van der Waals surface area contributed by atoms with Gasteiger partial charge in [0.05, 0.1) is 26.4 Å². The van der Waals surface area contributed by atoms with Crippen LogP contribution >= 0.6 is 0 Å². The van der Waals surface area contributed by atoms with Crippen LogP contribution in [-0.2, 0) is 19.1 Å². The lowest BCUT2D eigenvalue weighted by atomic mass is 10.00. The minimum absolute atomic E-state index is 0.207. The number of benzene rings is 1. The highest BCUT2D eigenvalue weighted by atomic mass is 16.6. The summed E-state index contributed by atoms with van der Waals surface area (Å²) in [5.41, 5.74) is 1.58. The molecule has 2 rings (SSSR count). The quantitative estimate of drug-likeness (QED) is 0.485. The molecule has 2 atom stereocenters. The van der Waals surface area contributed by atoms with E-state index in [4.69, 9.17) is 18.9 Å². The number of carbonyl (C=O) groups excluding carboxylic acids is 2. The Bertz CT molecular complexity index is 715. The fraction of sp³-hybridized carbons (Fsp3) is 0.524. The van der Waals surface area contributed by atoms with Crippen LogP contribution in [0.3, 0.4) is 0 Å². The molecule has 0 fully saturated rings. The van der Waals surface area contributed by atoms with Crippen LogP contribution in [0.1, 0.15) is 32.3 Å². The van der Waals surface area contributed by atoms with Crippen molar-refractivity contribution in [3.8, 4) is 11.5 Å². The number of fused-ring (bicyclic) bond motifs is 1. The molecule has 1 N–H and O–H groups in total.